The zero-order valence-corrected chi connectivity index (χ0v) is 10.8. The lowest BCUT2D eigenvalue weighted by Gasteiger charge is -2.37. The molecule has 0 bridgehead atoms. The highest BCUT2D eigenvalue weighted by Crippen LogP contribution is 2.21. The minimum Gasteiger partial charge on any atom is -0.369 e. The van der Waals surface area contributed by atoms with Gasteiger partial charge in [0.15, 0.2) is 0 Å². The Bertz CT molecular complexity index is 291. The number of carbonyl (C=O) groups is 2. The Morgan fingerprint density at radius 1 is 1.41 bits per heavy atom. The summed E-state index contributed by atoms with van der Waals surface area (Å²) in [4.78, 5) is 24.8. The van der Waals surface area contributed by atoms with Gasteiger partial charge in [-0.2, -0.15) is 0 Å². The Morgan fingerprint density at radius 2 is 2.06 bits per heavy atom. The maximum absolute atomic E-state index is 11.9. The normalized spacial score (nSPS) is 25.1. The molecule has 0 aromatic rings. The lowest BCUT2D eigenvalue weighted by molar-refractivity contribution is -0.143. The van der Waals surface area contributed by atoms with Crippen molar-refractivity contribution in [2.24, 2.45) is 11.7 Å². The van der Waals surface area contributed by atoms with Crippen molar-refractivity contribution in [2.75, 3.05) is 13.2 Å². The van der Waals surface area contributed by atoms with Gasteiger partial charge in [-0.3, -0.25) is 9.59 Å². The highest BCUT2D eigenvalue weighted by Gasteiger charge is 2.31. The standard InChI is InChI=1S/C12H22N2O3/c1-8(2)17-7-11(15)14-6-10(12(13)16)5-4-9(14)3/h8-10H,4-7H2,1-3H3,(H2,13,16). The Kier molecular flexibility index (Phi) is 4.93. The van der Waals surface area contributed by atoms with Crippen LogP contribution in [0.3, 0.4) is 0 Å². The van der Waals surface area contributed by atoms with Gasteiger partial charge in [0.25, 0.3) is 0 Å². The first kappa shape index (κ1) is 14.0. The number of rotatable bonds is 4. The molecule has 1 aliphatic rings. The van der Waals surface area contributed by atoms with E-state index in [1.54, 1.807) is 4.90 Å². The molecule has 17 heavy (non-hydrogen) atoms. The van der Waals surface area contributed by atoms with E-state index in [1.807, 2.05) is 20.8 Å². The number of piperidine rings is 1. The number of ether oxygens (including phenoxy) is 1. The summed E-state index contributed by atoms with van der Waals surface area (Å²) >= 11 is 0. The van der Waals surface area contributed by atoms with E-state index in [2.05, 4.69) is 0 Å². The molecule has 2 atom stereocenters. The van der Waals surface area contributed by atoms with Gasteiger partial charge in [0.05, 0.1) is 12.0 Å². The largest absolute Gasteiger partial charge is 0.369 e. The summed E-state index contributed by atoms with van der Waals surface area (Å²) < 4.78 is 5.29. The summed E-state index contributed by atoms with van der Waals surface area (Å²) in [5.74, 6) is -0.592. The van der Waals surface area contributed by atoms with E-state index in [0.717, 1.165) is 12.8 Å². The maximum atomic E-state index is 11.9. The van der Waals surface area contributed by atoms with E-state index < -0.39 is 0 Å². The Morgan fingerprint density at radius 3 is 2.59 bits per heavy atom. The molecule has 98 valence electrons. The average molecular weight is 242 g/mol. The fraction of sp³-hybridized carbons (Fsp3) is 0.833. The molecule has 2 N–H and O–H groups in total. The average Bonchev–Trinajstić information content (AvgIpc) is 2.26. The predicted octanol–water partition coefficient (Wildman–Crippen LogP) is 0.524. The number of hydrogen-bond acceptors (Lipinski definition) is 3. The molecule has 2 unspecified atom stereocenters. The van der Waals surface area contributed by atoms with Gasteiger partial charge in [-0.15, -0.1) is 0 Å². The smallest absolute Gasteiger partial charge is 0.248 e. The molecule has 0 saturated carbocycles. The minimum absolute atomic E-state index is 0.0333. The van der Waals surface area contributed by atoms with Crippen LogP contribution in [-0.2, 0) is 14.3 Å². The highest BCUT2D eigenvalue weighted by atomic mass is 16.5. The number of likely N-dealkylation sites (tertiary alicyclic amines) is 1. The van der Waals surface area contributed by atoms with Crippen molar-refractivity contribution < 1.29 is 14.3 Å². The third kappa shape index (κ3) is 4.00. The number of amides is 2. The molecule has 0 aliphatic carbocycles. The first-order valence-corrected chi connectivity index (χ1v) is 6.12. The van der Waals surface area contributed by atoms with Crippen LogP contribution in [0.25, 0.3) is 0 Å². The van der Waals surface area contributed by atoms with E-state index in [1.165, 1.54) is 0 Å². The molecule has 0 aromatic heterocycles. The topological polar surface area (TPSA) is 72.6 Å². The summed E-state index contributed by atoms with van der Waals surface area (Å²) in [6.07, 6.45) is 1.62. The van der Waals surface area contributed by atoms with E-state index in [4.69, 9.17) is 10.5 Å². The number of nitrogens with two attached hydrogens (primary N) is 1. The molecule has 0 radical (unpaired) electrons. The minimum atomic E-state index is -0.320. The number of carbonyl (C=O) groups excluding carboxylic acids is 2. The summed E-state index contributed by atoms with van der Waals surface area (Å²) in [5.41, 5.74) is 5.29. The molecular weight excluding hydrogens is 220 g/mol. The third-order valence-electron chi connectivity index (χ3n) is 3.14. The molecule has 5 nitrogen and oxygen atoms in total. The summed E-state index contributed by atoms with van der Waals surface area (Å²) in [6, 6.07) is 0.161. The predicted molar refractivity (Wildman–Crippen MR) is 64.2 cm³/mol. The quantitative estimate of drug-likeness (QED) is 0.781. The van der Waals surface area contributed by atoms with Crippen molar-refractivity contribution in [3.63, 3.8) is 0 Å². The second-order valence-corrected chi connectivity index (χ2v) is 4.93. The van der Waals surface area contributed by atoms with Gasteiger partial charge in [-0.05, 0) is 33.6 Å². The molecule has 0 spiro atoms. The molecule has 1 saturated heterocycles. The van der Waals surface area contributed by atoms with Gasteiger partial charge < -0.3 is 15.4 Å². The van der Waals surface area contributed by atoms with Gasteiger partial charge in [0.1, 0.15) is 6.61 Å². The Labute approximate surface area is 102 Å². The molecule has 1 fully saturated rings. The van der Waals surface area contributed by atoms with Crippen LogP contribution in [0.2, 0.25) is 0 Å². The van der Waals surface area contributed by atoms with Gasteiger partial charge >= 0.3 is 0 Å². The molecule has 5 heteroatoms. The first-order valence-electron chi connectivity index (χ1n) is 6.12. The molecular formula is C12H22N2O3. The van der Waals surface area contributed by atoms with Crippen LogP contribution in [0.15, 0.2) is 0 Å². The molecule has 2 amide bonds. The van der Waals surface area contributed by atoms with Crippen LogP contribution in [-0.4, -0.2) is 42.0 Å². The van der Waals surface area contributed by atoms with Crippen molar-refractivity contribution >= 4 is 11.8 Å². The number of primary amides is 1. The fourth-order valence-corrected chi connectivity index (χ4v) is 2.01. The van der Waals surface area contributed by atoms with Crippen molar-refractivity contribution in [1.29, 1.82) is 0 Å². The third-order valence-corrected chi connectivity index (χ3v) is 3.14. The van der Waals surface area contributed by atoms with Crippen LogP contribution in [0.1, 0.15) is 33.6 Å². The van der Waals surface area contributed by atoms with Crippen LogP contribution >= 0.6 is 0 Å². The lowest BCUT2D eigenvalue weighted by Crippen LogP contribution is -2.49. The Hall–Kier alpha value is -1.10. The fourth-order valence-electron chi connectivity index (χ4n) is 2.01. The van der Waals surface area contributed by atoms with E-state index >= 15 is 0 Å². The highest BCUT2D eigenvalue weighted by molar-refractivity contribution is 5.81. The van der Waals surface area contributed by atoms with Crippen LogP contribution < -0.4 is 5.73 Å². The van der Waals surface area contributed by atoms with Gasteiger partial charge in [-0.1, -0.05) is 0 Å². The van der Waals surface area contributed by atoms with Crippen molar-refractivity contribution in [3.05, 3.63) is 0 Å². The Balaban J connectivity index is 2.54. The molecule has 1 aliphatic heterocycles. The first-order chi connectivity index (χ1) is 7.91. The number of hydrogen-bond donors (Lipinski definition) is 1. The summed E-state index contributed by atoms with van der Waals surface area (Å²) in [6.45, 7) is 6.27. The summed E-state index contributed by atoms with van der Waals surface area (Å²) in [5, 5.41) is 0. The van der Waals surface area contributed by atoms with Crippen LogP contribution in [0.4, 0.5) is 0 Å². The second-order valence-electron chi connectivity index (χ2n) is 4.93. The zero-order chi connectivity index (χ0) is 13.0. The lowest BCUT2D eigenvalue weighted by atomic mass is 9.93. The van der Waals surface area contributed by atoms with E-state index in [0.29, 0.717) is 6.54 Å². The van der Waals surface area contributed by atoms with Crippen molar-refractivity contribution in [2.45, 2.75) is 45.8 Å². The molecule has 0 aromatic carbocycles. The van der Waals surface area contributed by atoms with E-state index in [9.17, 15) is 9.59 Å². The number of nitrogens with zero attached hydrogens (tertiary/aromatic N) is 1. The van der Waals surface area contributed by atoms with E-state index in [-0.39, 0.29) is 36.5 Å². The summed E-state index contributed by atoms with van der Waals surface area (Å²) in [7, 11) is 0. The van der Waals surface area contributed by atoms with Gasteiger partial charge in [0.2, 0.25) is 11.8 Å². The second kappa shape index (κ2) is 6.00. The maximum Gasteiger partial charge on any atom is 0.248 e. The molecule has 1 heterocycles. The molecule has 1 rings (SSSR count). The van der Waals surface area contributed by atoms with Gasteiger partial charge in [-0.25, -0.2) is 0 Å². The van der Waals surface area contributed by atoms with Crippen LogP contribution in [0.5, 0.6) is 0 Å². The monoisotopic (exact) mass is 242 g/mol. The zero-order valence-electron chi connectivity index (χ0n) is 10.8. The van der Waals surface area contributed by atoms with Crippen molar-refractivity contribution in [3.8, 4) is 0 Å². The van der Waals surface area contributed by atoms with Gasteiger partial charge in [0, 0.05) is 12.6 Å². The van der Waals surface area contributed by atoms with Crippen LogP contribution in [0, 0.1) is 5.92 Å². The van der Waals surface area contributed by atoms with Crippen molar-refractivity contribution in [1.82, 2.24) is 4.90 Å². The SMILES string of the molecule is CC(C)OCC(=O)N1CC(C(N)=O)CCC1C.